The van der Waals surface area contributed by atoms with Gasteiger partial charge in [-0.15, -0.1) is 11.3 Å². The summed E-state index contributed by atoms with van der Waals surface area (Å²) >= 11 is 0.787. The molecule has 59 heavy (non-hydrogen) atoms. The van der Waals surface area contributed by atoms with Gasteiger partial charge < -0.3 is 19.1 Å². The van der Waals surface area contributed by atoms with E-state index in [1.165, 1.54) is 12.1 Å². The van der Waals surface area contributed by atoms with Gasteiger partial charge in [0.2, 0.25) is 0 Å². The van der Waals surface area contributed by atoms with E-state index in [-0.39, 0.29) is 72.9 Å². The van der Waals surface area contributed by atoms with Crippen LogP contribution in [0, 0.1) is 34.3 Å². The Hall–Kier alpha value is -5.39. The molecule has 4 aromatic rings. The van der Waals surface area contributed by atoms with Crippen molar-refractivity contribution >= 4 is 55.3 Å². The third-order valence-corrected chi connectivity index (χ3v) is 12.5. The van der Waals surface area contributed by atoms with Crippen molar-refractivity contribution in [1.82, 2.24) is 19.8 Å². The van der Waals surface area contributed by atoms with Gasteiger partial charge in [-0.2, -0.15) is 20.5 Å². The Morgan fingerprint density at radius 1 is 1.02 bits per heavy atom. The molecule has 17 heteroatoms. The molecule has 0 spiro atoms. The Kier molecular flexibility index (Phi) is 10.1. The summed E-state index contributed by atoms with van der Waals surface area (Å²) < 4.78 is 65.2. The first-order valence-electron chi connectivity index (χ1n) is 19.8. The van der Waals surface area contributed by atoms with Crippen LogP contribution in [0.1, 0.15) is 84.8 Å². The van der Waals surface area contributed by atoms with Crippen LogP contribution >= 0.6 is 11.3 Å². The zero-order valence-electron chi connectivity index (χ0n) is 33.7. The molecule has 2 unspecified atom stereocenters. The molecular weight excluding hydrogens is 786 g/mol. The molecular formula is C42H45F3N8O5S. The van der Waals surface area contributed by atoms with Gasteiger partial charge >= 0.3 is 18.2 Å². The van der Waals surface area contributed by atoms with E-state index in [4.69, 9.17) is 19.2 Å². The molecule has 0 radical (unpaired) electrons. The van der Waals surface area contributed by atoms with Crippen LogP contribution in [0.2, 0.25) is 0 Å². The summed E-state index contributed by atoms with van der Waals surface area (Å²) in [6.07, 6.45) is 1.04. The molecule has 0 aliphatic carbocycles. The van der Waals surface area contributed by atoms with E-state index in [1.54, 1.807) is 25.7 Å². The number of nitrogens with one attached hydrogen (secondary N) is 1. The molecule has 2 aromatic heterocycles. The van der Waals surface area contributed by atoms with Crippen molar-refractivity contribution in [1.29, 1.82) is 10.5 Å². The molecule has 4 aliphatic rings. The van der Waals surface area contributed by atoms with E-state index in [0.29, 0.717) is 44.7 Å². The lowest BCUT2D eigenvalue weighted by Gasteiger charge is -2.42. The zero-order valence-corrected chi connectivity index (χ0v) is 34.6. The van der Waals surface area contributed by atoms with Crippen LogP contribution in [0.4, 0.5) is 33.6 Å². The number of anilines is 2. The number of amides is 2. The number of carbonyl (C=O) groups is 2. The van der Waals surface area contributed by atoms with Crippen LogP contribution < -0.4 is 15.0 Å². The number of halogens is 3. The number of nitrogens with zero attached hydrogens (tertiary/aromatic N) is 7. The number of hydrogen-bond acceptors (Lipinski definition) is 12. The average molecular weight is 831 g/mol. The number of fused-ring (bicyclic) bond motifs is 5. The zero-order chi connectivity index (χ0) is 42.2. The first kappa shape index (κ1) is 40.4. The monoisotopic (exact) mass is 830 g/mol. The summed E-state index contributed by atoms with van der Waals surface area (Å²) in [6.45, 7) is 12.2. The SMILES string of the molecule is CC(C)(C)OC(=O)Nc1sc2c(F)ccc(-c3c(C#N)cc4c(N5CC6CCC(C5)N6C(=O)OC(C)(C)C)nc(OC[C@@]56CCCN5C[C@H](F)C6)nc4c3F)c2c1C#N. The van der Waals surface area contributed by atoms with E-state index >= 15 is 8.78 Å². The highest BCUT2D eigenvalue weighted by molar-refractivity contribution is 7.23. The fourth-order valence-electron chi connectivity index (χ4n) is 9.16. The largest absolute Gasteiger partial charge is 0.461 e. The Bertz CT molecular complexity index is 2460. The molecule has 4 fully saturated rings. The fraction of sp³-hybridized carbons (Fsp3) is 0.524. The van der Waals surface area contributed by atoms with Gasteiger partial charge in [0.1, 0.15) is 52.2 Å². The summed E-state index contributed by atoms with van der Waals surface area (Å²) in [5.41, 5.74) is -2.75. The number of ether oxygens (including phenoxy) is 3. The van der Waals surface area contributed by atoms with Gasteiger partial charge in [-0.25, -0.2) is 22.8 Å². The number of piperazine rings is 1. The van der Waals surface area contributed by atoms with Crippen molar-refractivity contribution in [3.05, 3.63) is 41.0 Å². The Morgan fingerprint density at radius 3 is 2.39 bits per heavy atom. The number of alkyl halides is 1. The smallest absolute Gasteiger partial charge is 0.412 e. The van der Waals surface area contributed by atoms with Crippen LogP contribution in [-0.4, -0.2) is 99.7 Å². The van der Waals surface area contributed by atoms with Crippen molar-refractivity contribution in [2.45, 2.75) is 109 Å². The molecule has 8 rings (SSSR count). The summed E-state index contributed by atoms with van der Waals surface area (Å²) in [5, 5.41) is 23.7. The number of nitriles is 2. The molecule has 2 aromatic carbocycles. The Labute approximate surface area is 343 Å². The average Bonchev–Trinajstić information content (AvgIpc) is 3.87. The summed E-state index contributed by atoms with van der Waals surface area (Å²) in [5.74, 6) is -1.35. The maximum Gasteiger partial charge on any atom is 0.412 e. The highest BCUT2D eigenvalue weighted by Crippen LogP contribution is 2.46. The van der Waals surface area contributed by atoms with Crippen LogP contribution in [0.5, 0.6) is 6.01 Å². The Balaban J connectivity index is 1.26. The summed E-state index contributed by atoms with van der Waals surface area (Å²) in [6, 6.07) is 7.40. The molecule has 6 heterocycles. The van der Waals surface area contributed by atoms with E-state index in [0.717, 1.165) is 36.8 Å². The first-order chi connectivity index (χ1) is 27.9. The van der Waals surface area contributed by atoms with Gasteiger partial charge in [0, 0.05) is 42.4 Å². The van der Waals surface area contributed by atoms with Crippen LogP contribution in [-0.2, 0) is 9.47 Å². The minimum absolute atomic E-state index is 0.00124. The first-order valence-corrected chi connectivity index (χ1v) is 20.6. The van der Waals surface area contributed by atoms with Crippen molar-refractivity contribution < 1.29 is 37.0 Å². The van der Waals surface area contributed by atoms with Crippen molar-refractivity contribution in [3.8, 4) is 29.3 Å². The fourth-order valence-corrected chi connectivity index (χ4v) is 10.2. The van der Waals surface area contributed by atoms with Crippen molar-refractivity contribution in [2.75, 3.05) is 43.0 Å². The molecule has 4 saturated heterocycles. The van der Waals surface area contributed by atoms with Crippen LogP contribution in [0.25, 0.3) is 32.1 Å². The van der Waals surface area contributed by atoms with Crippen molar-refractivity contribution in [2.24, 2.45) is 0 Å². The lowest BCUT2D eigenvalue weighted by atomic mass is 9.93. The minimum Gasteiger partial charge on any atom is -0.461 e. The van der Waals surface area contributed by atoms with E-state index in [2.05, 4.69) is 21.3 Å². The van der Waals surface area contributed by atoms with E-state index in [9.17, 15) is 24.5 Å². The molecule has 2 amide bonds. The Morgan fingerprint density at radius 2 is 1.73 bits per heavy atom. The maximum absolute atomic E-state index is 17.6. The molecule has 2 bridgehead atoms. The van der Waals surface area contributed by atoms with Gasteiger partial charge in [0.15, 0.2) is 5.82 Å². The standard InChI is InChI=1S/C42H45F3N8O5S/c1-40(2,3)57-38(54)50-36-28(17-47)31-26(10-11-29(44)34(31)59-36)30-22(16-46)14-27-33(32(30)45)48-37(56-21-42-12-7-13-52(42)18-23(43)15-42)49-35(27)51-19-24-8-9-25(20-51)53(24)39(55)58-41(4,5)6/h10-11,14,23-25H,7-9,12-13,15,18-21H2,1-6H3,(H,50,54)/t23-,24?,25?,42+/m1/s1. The van der Waals surface area contributed by atoms with Gasteiger partial charge in [-0.3, -0.25) is 15.1 Å². The topological polar surface area (TPSA) is 157 Å². The highest BCUT2D eigenvalue weighted by atomic mass is 32.1. The summed E-state index contributed by atoms with van der Waals surface area (Å²) in [7, 11) is 0. The molecule has 1 N–H and O–H groups in total. The third-order valence-electron chi connectivity index (χ3n) is 11.4. The van der Waals surface area contributed by atoms with Crippen LogP contribution in [0.15, 0.2) is 18.2 Å². The third kappa shape index (κ3) is 7.44. The number of benzene rings is 2. The number of rotatable bonds is 6. The van der Waals surface area contributed by atoms with Gasteiger partial charge in [-0.1, -0.05) is 6.07 Å². The molecule has 4 atom stereocenters. The number of aromatic nitrogens is 2. The van der Waals surface area contributed by atoms with E-state index < -0.39 is 46.7 Å². The second-order valence-corrected chi connectivity index (χ2v) is 18.9. The minimum atomic E-state index is -1.00. The lowest BCUT2D eigenvalue weighted by molar-refractivity contribution is 0.0122. The molecule has 0 saturated carbocycles. The van der Waals surface area contributed by atoms with Gasteiger partial charge in [-0.05, 0) is 91.5 Å². The molecule has 4 aliphatic heterocycles. The second kappa shape index (κ2) is 14.7. The van der Waals surface area contributed by atoms with E-state index in [1.807, 2.05) is 31.7 Å². The van der Waals surface area contributed by atoms with Gasteiger partial charge in [0.25, 0.3) is 0 Å². The summed E-state index contributed by atoms with van der Waals surface area (Å²) in [4.78, 5) is 41.3. The number of hydrogen-bond donors (Lipinski definition) is 1. The number of carbonyl (C=O) groups excluding carboxylic acids is 2. The molecule has 13 nitrogen and oxygen atoms in total. The second-order valence-electron chi connectivity index (χ2n) is 17.8. The lowest BCUT2D eigenvalue weighted by Crippen LogP contribution is -2.57. The van der Waals surface area contributed by atoms with Crippen molar-refractivity contribution in [3.63, 3.8) is 0 Å². The normalized spacial score (nSPS) is 23.0. The maximum atomic E-state index is 17.6. The predicted molar refractivity (Wildman–Crippen MR) is 215 cm³/mol. The quantitative estimate of drug-likeness (QED) is 0.199. The highest BCUT2D eigenvalue weighted by Gasteiger charge is 2.50. The van der Waals surface area contributed by atoms with Gasteiger partial charge in [0.05, 0.1) is 39.5 Å². The predicted octanol–water partition coefficient (Wildman–Crippen LogP) is 8.42. The number of thiophene rings is 1. The van der Waals surface area contributed by atoms with Crippen LogP contribution in [0.3, 0.4) is 0 Å². The molecule has 310 valence electrons.